The monoisotopic (exact) mass is 359 g/mol. The van der Waals surface area contributed by atoms with Crippen molar-refractivity contribution in [3.63, 3.8) is 0 Å². The summed E-state index contributed by atoms with van der Waals surface area (Å²) in [5.74, 6) is 0.766. The topological polar surface area (TPSA) is 76.7 Å². The Balaban J connectivity index is 1.52. The van der Waals surface area contributed by atoms with E-state index in [1.54, 1.807) is 6.20 Å². The van der Waals surface area contributed by atoms with Crippen molar-refractivity contribution in [3.05, 3.63) is 49.1 Å². The third-order valence-electron chi connectivity index (χ3n) is 5.21. The number of fused-ring (bicyclic) bond motifs is 1. The lowest BCUT2D eigenvalue weighted by Crippen LogP contribution is -2.44. The predicted octanol–water partition coefficient (Wildman–Crippen LogP) is 2.77. The van der Waals surface area contributed by atoms with Gasteiger partial charge in [-0.05, 0) is 30.8 Å². The lowest BCUT2D eigenvalue weighted by molar-refractivity contribution is 0.313. The van der Waals surface area contributed by atoms with Crippen LogP contribution in [0.1, 0.15) is 0 Å². The number of anilines is 1. The molecule has 0 radical (unpaired) electrons. The maximum Gasteiger partial charge on any atom is 0.158 e. The first-order valence-corrected chi connectivity index (χ1v) is 9.15. The number of rotatable bonds is 3. The molecule has 4 heterocycles. The lowest BCUT2D eigenvalue weighted by Gasteiger charge is -2.34. The molecule has 0 bridgehead atoms. The number of nitrogens with one attached hydrogen (secondary N) is 2. The van der Waals surface area contributed by atoms with Crippen LogP contribution in [0.5, 0.6) is 0 Å². The molecule has 1 aromatic carbocycles. The first kappa shape index (κ1) is 16.0. The maximum atomic E-state index is 4.50. The number of pyridine rings is 1. The Morgan fingerprint density at radius 1 is 1.00 bits per heavy atom. The molecule has 7 nitrogen and oxygen atoms in total. The molecular formula is C20H21N7. The number of benzene rings is 1. The van der Waals surface area contributed by atoms with Crippen molar-refractivity contribution in [2.45, 2.75) is 0 Å². The average Bonchev–Trinajstić information content (AvgIpc) is 3.37. The van der Waals surface area contributed by atoms with Gasteiger partial charge in [-0.3, -0.25) is 10.1 Å². The molecule has 0 amide bonds. The second kappa shape index (κ2) is 6.51. The fourth-order valence-corrected chi connectivity index (χ4v) is 3.59. The maximum absolute atomic E-state index is 4.50. The summed E-state index contributed by atoms with van der Waals surface area (Å²) in [6, 6.07) is 8.55. The standard InChI is InChI=1S/C20H21N7/c1-26-6-8-27(9-7-26)16-10-15(12-21-13-16)14-2-3-18-17(11-14)19(25-24-18)20-22-4-5-23-20/h2-5,10-13H,6-9H2,1H3,(H,22,23)(H,24,25). The van der Waals surface area contributed by atoms with Crippen LogP contribution < -0.4 is 4.90 Å². The highest BCUT2D eigenvalue weighted by Gasteiger charge is 2.16. The second-order valence-corrected chi connectivity index (χ2v) is 6.99. The SMILES string of the molecule is CN1CCN(c2cncc(-c3ccc4[nH]nc(-c5ncc[nH]5)c4c3)c2)CC1. The molecule has 2 N–H and O–H groups in total. The summed E-state index contributed by atoms with van der Waals surface area (Å²) in [4.78, 5) is 16.7. The first-order valence-electron chi connectivity index (χ1n) is 9.15. The van der Waals surface area contributed by atoms with Gasteiger partial charge in [0.2, 0.25) is 0 Å². The van der Waals surface area contributed by atoms with Gasteiger partial charge in [0.1, 0.15) is 5.69 Å². The molecule has 27 heavy (non-hydrogen) atoms. The molecular weight excluding hydrogens is 338 g/mol. The second-order valence-electron chi connectivity index (χ2n) is 6.99. The van der Waals surface area contributed by atoms with E-state index in [0.29, 0.717) is 0 Å². The summed E-state index contributed by atoms with van der Waals surface area (Å²) in [5, 5.41) is 8.56. The quantitative estimate of drug-likeness (QED) is 0.588. The van der Waals surface area contributed by atoms with Crippen molar-refractivity contribution in [1.29, 1.82) is 0 Å². The van der Waals surface area contributed by atoms with Gasteiger partial charge in [-0.15, -0.1) is 0 Å². The largest absolute Gasteiger partial charge is 0.368 e. The first-order chi connectivity index (χ1) is 13.3. The van der Waals surface area contributed by atoms with Gasteiger partial charge in [0.25, 0.3) is 0 Å². The highest BCUT2D eigenvalue weighted by atomic mass is 15.2. The molecule has 1 aliphatic rings. The van der Waals surface area contributed by atoms with Crippen LogP contribution >= 0.6 is 0 Å². The Morgan fingerprint density at radius 3 is 2.70 bits per heavy atom. The zero-order chi connectivity index (χ0) is 18.2. The molecule has 0 aliphatic carbocycles. The molecule has 0 atom stereocenters. The summed E-state index contributed by atoms with van der Waals surface area (Å²) in [7, 11) is 2.17. The minimum Gasteiger partial charge on any atom is -0.368 e. The van der Waals surface area contributed by atoms with Gasteiger partial charge in [0, 0.05) is 55.7 Å². The smallest absolute Gasteiger partial charge is 0.158 e. The van der Waals surface area contributed by atoms with E-state index in [1.165, 1.54) is 5.69 Å². The molecule has 0 saturated carbocycles. The molecule has 1 saturated heterocycles. The number of hydrogen-bond donors (Lipinski definition) is 2. The van der Waals surface area contributed by atoms with E-state index in [-0.39, 0.29) is 0 Å². The third-order valence-corrected chi connectivity index (χ3v) is 5.21. The zero-order valence-corrected chi connectivity index (χ0v) is 15.2. The molecule has 136 valence electrons. The summed E-state index contributed by atoms with van der Waals surface area (Å²) in [6.45, 7) is 4.23. The Morgan fingerprint density at radius 2 is 1.89 bits per heavy atom. The Bertz CT molecular complexity index is 1060. The molecule has 7 heteroatoms. The molecule has 1 aliphatic heterocycles. The van der Waals surface area contributed by atoms with Crippen LogP contribution in [0.4, 0.5) is 5.69 Å². The van der Waals surface area contributed by atoms with E-state index in [4.69, 9.17) is 0 Å². The minimum atomic E-state index is 0.766. The van der Waals surface area contributed by atoms with Crippen LogP contribution in [0.3, 0.4) is 0 Å². The van der Waals surface area contributed by atoms with E-state index in [0.717, 1.165) is 59.7 Å². The van der Waals surface area contributed by atoms with Crippen LogP contribution in [-0.4, -0.2) is 63.3 Å². The zero-order valence-electron chi connectivity index (χ0n) is 15.2. The number of nitrogens with zero attached hydrogens (tertiary/aromatic N) is 5. The van der Waals surface area contributed by atoms with Crippen molar-refractivity contribution in [2.75, 3.05) is 38.1 Å². The molecule has 4 aromatic rings. The number of hydrogen-bond acceptors (Lipinski definition) is 5. The van der Waals surface area contributed by atoms with Crippen LogP contribution in [0, 0.1) is 0 Å². The van der Waals surface area contributed by atoms with Crippen molar-refractivity contribution in [3.8, 4) is 22.6 Å². The molecule has 0 spiro atoms. The van der Waals surface area contributed by atoms with Gasteiger partial charge < -0.3 is 14.8 Å². The predicted molar refractivity (Wildman–Crippen MR) is 107 cm³/mol. The number of aromatic amines is 2. The van der Waals surface area contributed by atoms with Crippen molar-refractivity contribution >= 4 is 16.6 Å². The molecule has 3 aromatic heterocycles. The Hall–Kier alpha value is -3.19. The van der Waals surface area contributed by atoms with Gasteiger partial charge in [-0.1, -0.05) is 6.07 Å². The summed E-state index contributed by atoms with van der Waals surface area (Å²) >= 11 is 0. The van der Waals surface area contributed by atoms with Crippen molar-refractivity contribution in [1.82, 2.24) is 30.0 Å². The number of piperazine rings is 1. The highest BCUT2D eigenvalue weighted by molar-refractivity contribution is 5.94. The molecule has 1 fully saturated rings. The van der Waals surface area contributed by atoms with Crippen LogP contribution in [-0.2, 0) is 0 Å². The van der Waals surface area contributed by atoms with Crippen LogP contribution in [0.2, 0.25) is 0 Å². The summed E-state index contributed by atoms with van der Waals surface area (Å²) in [5.41, 5.74) is 5.24. The summed E-state index contributed by atoms with van der Waals surface area (Å²) in [6.07, 6.45) is 7.43. The van der Waals surface area contributed by atoms with Gasteiger partial charge in [0.15, 0.2) is 5.82 Å². The van der Waals surface area contributed by atoms with E-state index in [9.17, 15) is 0 Å². The number of likely N-dealkylation sites (N-methyl/N-ethyl adjacent to an activating group) is 1. The average molecular weight is 359 g/mol. The number of imidazole rings is 1. The van der Waals surface area contributed by atoms with Gasteiger partial charge in [-0.25, -0.2) is 4.98 Å². The Labute approximate surface area is 157 Å². The fraction of sp³-hybridized carbons (Fsp3) is 0.250. The Kier molecular flexibility index (Phi) is 3.86. The van der Waals surface area contributed by atoms with E-state index in [2.05, 4.69) is 66.3 Å². The van der Waals surface area contributed by atoms with E-state index >= 15 is 0 Å². The van der Waals surface area contributed by atoms with Crippen LogP contribution in [0.25, 0.3) is 33.5 Å². The third kappa shape index (κ3) is 2.96. The lowest BCUT2D eigenvalue weighted by atomic mass is 10.0. The van der Waals surface area contributed by atoms with Crippen LogP contribution in [0.15, 0.2) is 49.1 Å². The number of H-pyrrole nitrogens is 2. The molecule has 0 unspecified atom stereocenters. The van der Waals surface area contributed by atoms with Gasteiger partial charge >= 0.3 is 0 Å². The molecule has 5 rings (SSSR count). The van der Waals surface area contributed by atoms with Crippen molar-refractivity contribution in [2.24, 2.45) is 0 Å². The number of aromatic nitrogens is 5. The minimum absolute atomic E-state index is 0.766. The normalized spacial score (nSPS) is 15.5. The fourth-order valence-electron chi connectivity index (χ4n) is 3.59. The van der Waals surface area contributed by atoms with E-state index in [1.807, 2.05) is 18.6 Å². The summed E-state index contributed by atoms with van der Waals surface area (Å²) < 4.78 is 0. The van der Waals surface area contributed by atoms with E-state index < -0.39 is 0 Å². The highest BCUT2D eigenvalue weighted by Crippen LogP contribution is 2.30. The van der Waals surface area contributed by atoms with Gasteiger partial charge in [0.05, 0.1) is 17.4 Å². The van der Waals surface area contributed by atoms with Gasteiger partial charge in [-0.2, -0.15) is 5.10 Å². The van der Waals surface area contributed by atoms with Crippen molar-refractivity contribution < 1.29 is 0 Å².